The fourth-order valence-corrected chi connectivity index (χ4v) is 3.52. The van der Waals surface area contributed by atoms with Gasteiger partial charge < -0.3 is 14.5 Å². The Labute approximate surface area is 123 Å². The molecular weight excluding hydrogens is 252 g/mol. The van der Waals surface area contributed by atoms with Gasteiger partial charge in [0.05, 0.1) is 6.61 Å². The first-order chi connectivity index (χ1) is 9.69. The summed E-state index contributed by atoms with van der Waals surface area (Å²) in [6, 6.07) is 0.803. The van der Waals surface area contributed by atoms with Crippen LogP contribution in [0.4, 0.5) is 0 Å². The van der Waals surface area contributed by atoms with E-state index in [1.165, 1.54) is 51.9 Å². The molecule has 0 N–H and O–H groups in total. The molecule has 0 spiro atoms. The topological polar surface area (TPSA) is 32.8 Å². The van der Waals surface area contributed by atoms with Crippen molar-refractivity contribution in [3.05, 3.63) is 0 Å². The first kappa shape index (κ1) is 15.8. The molecule has 116 valence electrons. The molecule has 4 heteroatoms. The highest BCUT2D eigenvalue weighted by Crippen LogP contribution is 2.26. The smallest absolute Gasteiger partial charge is 0.305 e. The quantitative estimate of drug-likeness (QED) is 0.723. The van der Waals surface area contributed by atoms with E-state index in [1.54, 1.807) is 0 Å². The van der Waals surface area contributed by atoms with Crippen molar-refractivity contribution in [2.75, 3.05) is 39.8 Å². The van der Waals surface area contributed by atoms with E-state index in [0.29, 0.717) is 13.0 Å². The first-order valence-electron chi connectivity index (χ1n) is 8.27. The van der Waals surface area contributed by atoms with Gasteiger partial charge in [-0.2, -0.15) is 0 Å². The molecule has 2 saturated heterocycles. The van der Waals surface area contributed by atoms with Crippen molar-refractivity contribution in [3.63, 3.8) is 0 Å². The van der Waals surface area contributed by atoms with E-state index in [-0.39, 0.29) is 5.97 Å². The van der Waals surface area contributed by atoms with Gasteiger partial charge in [-0.05, 0) is 78.2 Å². The molecule has 2 rings (SSSR count). The molecule has 0 unspecified atom stereocenters. The monoisotopic (exact) mass is 282 g/mol. The minimum atomic E-state index is -0.0229. The average molecular weight is 282 g/mol. The van der Waals surface area contributed by atoms with E-state index in [4.69, 9.17) is 4.74 Å². The van der Waals surface area contributed by atoms with E-state index in [0.717, 1.165) is 18.4 Å². The molecule has 0 aliphatic carbocycles. The van der Waals surface area contributed by atoms with E-state index < -0.39 is 0 Å². The number of carbonyl (C=O) groups excluding carboxylic acids is 1. The third kappa shape index (κ3) is 4.74. The van der Waals surface area contributed by atoms with Crippen molar-refractivity contribution < 1.29 is 9.53 Å². The van der Waals surface area contributed by atoms with Crippen LogP contribution in [0.5, 0.6) is 0 Å². The molecule has 0 aromatic heterocycles. The number of nitrogens with zero attached hydrogens (tertiary/aromatic N) is 2. The van der Waals surface area contributed by atoms with Crippen molar-refractivity contribution in [2.24, 2.45) is 5.92 Å². The van der Waals surface area contributed by atoms with Gasteiger partial charge in [-0.25, -0.2) is 0 Å². The molecule has 0 amide bonds. The summed E-state index contributed by atoms with van der Waals surface area (Å²) >= 11 is 0. The first-order valence-corrected chi connectivity index (χ1v) is 8.27. The molecular formula is C16H30N2O2. The van der Waals surface area contributed by atoms with Crippen molar-refractivity contribution in [2.45, 2.75) is 51.5 Å². The van der Waals surface area contributed by atoms with Gasteiger partial charge in [0.25, 0.3) is 0 Å². The van der Waals surface area contributed by atoms with Crippen LogP contribution in [0.2, 0.25) is 0 Å². The molecule has 0 bridgehead atoms. The van der Waals surface area contributed by atoms with Crippen LogP contribution < -0.4 is 0 Å². The maximum atomic E-state index is 11.4. The van der Waals surface area contributed by atoms with Crippen LogP contribution >= 0.6 is 0 Å². The fraction of sp³-hybridized carbons (Fsp3) is 0.938. The van der Waals surface area contributed by atoms with E-state index >= 15 is 0 Å². The van der Waals surface area contributed by atoms with Crippen LogP contribution in [-0.4, -0.2) is 61.6 Å². The SMILES string of the molecule is CCOC(=O)CCC1CCN(C2CCN(C)CC2)CC1. The van der Waals surface area contributed by atoms with Gasteiger partial charge in [0.1, 0.15) is 0 Å². The van der Waals surface area contributed by atoms with Crippen LogP contribution in [0, 0.1) is 5.92 Å². The summed E-state index contributed by atoms with van der Waals surface area (Å²) in [6.45, 7) is 7.32. The molecule has 0 atom stereocenters. The highest BCUT2D eigenvalue weighted by molar-refractivity contribution is 5.69. The van der Waals surface area contributed by atoms with Crippen molar-refractivity contribution >= 4 is 5.97 Å². The molecule has 2 heterocycles. The zero-order valence-electron chi connectivity index (χ0n) is 13.1. The van der Waals surface area contributed by atoms with Gasteiger partial charge in [0.15, 0.2) is 0 Å². The molecule has 0 aromatic carbocycles. The zero-order chi connectivity index (χ0) is 14.4. The Morgan fingerprint density at radius 3 is 2.35 bits per heavy atom. The molecule has 4 nitrogen and oxygen atoms in total. The number of carbonyl (C=O) groups is 1. The summed E-state index contributed by atoms with van der Waals surface area (Å²) in [7, 11) is 2.22. The third-order valence-electron chi connectivity index (χ3n) is 4.92. The standard InChI is InChI=1S/C16H30N2O2/c1-3-20-16(19)5-4-14-6-12-18(13-7-14)15-8-10-17(2)11-9-15/h14-15H,3-13H2,1-2H3. The number of rotatable bonds is 5. The highest BCUT2D eigenvalue weighted by Gasteiger charge is 2.27. The Balaban J connectivity index is 1.63. The Morgan fingerprint density at radius 2 is 1.75 bits per heavy atom. The number of esters is 1. The molecule has 2 aliphatic rings. The van der Waals surface area contributed by atoms with Gasteiger partial charge in [0.2, 0.25) is 0 Å². The predicted octanol–water partition coefficient (Wildman–Crippen LogP) is 2.14. The van der Waals surface area contributed by atoms with Gasteiger partial charge in [0, 0.05) is 12.5 Å². The normalized spacial score (nSPS) is 23.9. The van der Waals surface area contributed by atoms with Gasteiger partial charge in [-0.15, -0.1) is 0 Å². The van der Waals surface area contributed by atoms with E-state index in [9.17, 15) is 4.79 Å². The number of ether oxygens (including phenoxy) is 1. The van der Waals surface area contributed by atoms with Crippen LogP contribution in [-0.2, 0) is 9.53 Å². The summed E-state index contributed by atoms with van der Waals surface area (Å²) in [4.78, 5) is 16.5. The van der Waals surface area contributed by atoms with Crippen LogP contribution in [0.1, 0.15) is 45.4 Å². The lowest BCUT2D eigenvalue weighted by Gasteiger charge is -2.41. The third-order valence-corrected chi connectivity index (χ3v) is 4.92. The Hall–Kier alpha value is -0.610. The molecule has 0 saturated carbocycles. The zero-order valence-corrected chi connectivity index (χ0v) is 13.1. The Morgan fingerprint density at radius 1 is 1.10 bits per heavy atom. The molecule has 0 aromatic rings. The highest BCUT2D eigenvalue weighted by atomic mass is 16.5. The summed E-state index contributed by atoms with van der Waals surface area (Å²) in [5, 5.41) is 0. The van der Waals surface area contributed by atoms with Crippen LogP contribution in [0.3, 0.4) is 0 Å². The Kier molecular flexibility index (Phi) is 6.30. The number of hydrogen-bond donors (Lipinski definition) is 0. The summed E-state index contributed by atoms with van der Waals surface area (Å²) < 4.78 is 5.01. The molecule has 2 fully saturated rings. The van der Waals surface area contributed by atoms with Gasteiger partial charge >= 0.3 is 5.97 Å². The lowest BCUT2D eigenvalue weighted by Crippen LogP contribution is -2.46. The molecule has 2 aliphatic heterocycles. The summed E-state index contributed by atoms with van der Waals surface area (Å²) in [6.07, 6.45) is 6.78. The van der Waals surface area contributed by atoms with Crippen molar-refractivity contribution in [1.82, 2.24) is 9.80 Å². The fourth-order valence-electron chi connectivity index (χ4n) is 3.52. The maximum absolute atomic E-state index is 11.4. The minimum Gasteiger partial charge on any atom is -0.466 e. The van der Waals surface area contributed by atoms with Crippen molar-refractivity contribution in [1.29, 1.82) is 0 Å². The lowest BCUT2D eigenvalue weighted by molar-refractivity contribution is -0.143. The van der Waals surface area contributed by atoms with E-state index in [1.807, 2.05) is 6.92 Å². The maximum Gasteiger partial charge on any atom is 0.305 e. The predicted molar refractivity (Wildman–Crippen MR) is 80.7 cm³/mol. The molecule has 0 radical (unpaired) electrons. The largest absolute Gasteiger partial charge is 0.466 e. The van der Waals surface area contributed by atoms with Crippen LogP contribution in [0.25, 0.3) is 0 Å². The van der Waals surface area contributed by atoms with E-state index in [2.05, 4.69) is 16.8 Å². The molecule has 20 heavy (non-hydrogen) atoms. The summed E-state index contributed by atoms with van der Waals surface area (Å²) in [5.74, 6) is 0.701. The minimum absolute atomic E-state index is 0.0229. The van der Waals surface area contributed by atoms with Gasteiger partial charge in [-0.1, -0.05) is 0 Å². The Bertz CT molecular complexity index is 293. The van der Waals surface area contributed by atoms with Gasteiger partial charge in [-0.3, -0.25) is 4.79 Å². The summed E-state index contributed by atoms with van der Waals surface area (Å²) in [5.41, 5.74) is 0. The number of hydrogen-bond acceptors (Lipinski definition) is 4. The number of piperidine rings is 2. The second-order valence-corrected chi connectivity index (χ2v) is 6.36. The average Bonchev–Trinajstić information content (AvgIpc) is 2.47. The second-order valence-electron chi connectivity index (χ2n) is 6.36. The number of likely N-dealkylation sites (tertiary alicyclic amines) is 2. The second kappa shape index (κ2) is 7.99. The van der Waals surface area contributed by atoms with Crippen molar-refractivity contribution in [3.8, 4) is 0 Å². The van der Waals surface area contributed by atoms with Crippen LogP contribution in [0.15, 0.2) is 0 Å². The lowest BCUT2D eigenvalue weighted by atomic mass is 9.90.